The Labute approximate surface area is 218 Å². The van der Waals surface area contributed by atoms with E-state index in [0.717, 1.165) is 12.3 Å². The maximum atomic E-state index is 13.2. The molecule has 1 saturated heterocycles. The topological polar surface area (TPSA) is 83.0 Å². The molecular formula is C25H20Cl2F3N5O2. The van der Waals surface area contributed by atoms with Crippen molar-refractivity contribution in [2.45, 2.75) is 25.1 Å². The fraction of sp³-hybridized carbons (Fsp3) is 0.240. The molecule has 1 fully saturated rings. The monoisotopic (exact) mass is 549 g/mol. The van der Waals surface area contributed by atoms with Crippen LogP contribution in [0, 0.1) is 0 Å². The van der Waals surface area contributed by atoms with Gasteiger partial charge in [-0.1, -0.05) is 35.3 Å². The van der Waals surface area contributed by atoms with Crippen LogP contribution >= 0.6 is 23.2 Å². The van der Waals surface area contributed by atoms with E-state index in [-0.39, 0.29) is 17.8 Å². The molecule has 0 spiro atoms. The quantitative estimate of drug-likeness (QED) is 0.302. The van der Waals surface area contributed by atoms with Crippen molar-refractivity contribution < 1.29 is 18.0 Å². The fourth-order valence-electron chi connectivity index (χ4n) is 4.61. The summed E-state index contributed by atoms with van der Waals surface area (Å²) in [6, 6.07) is 11.9. The number of carbonyl (C=O) groups is 1. The Kier molecular flexibility index (Phi) is 6.63. The first-order chi connectivity index (χ1) is 17.6. The SMILES string of the molecule is O=C(Nc1ccc(Cl)c(Cl)c1)N1CCC(n2c(=O)[nH]c3c(-c4ccnc(C(F)(F)F)c4)cccc32)CC1. The second-order valence-electron chi connectivity index (χ2n) is 8.70. The van der Waals surface area contributed by atoms with E-state index in [1.54, 1.807) is 45.9 Å². The first-order valence-electron chi connectivity index (χ1n) is 11.4. The molecule has 2 N–H and O–H groups in total. The second kappa shape index (κ2) is 9.75. The normalized spacial score (nSPS) is 14.8. The van der Waals surface area contributed by atoms with Gasteiger partial charge in [-0.05, 0) is 54.8 Å². The molecule has 0 bridgehead atoms. The van der Waals surface area contributed by atoms with E-state index in [9.17, 15) is 22.8 Å². The van der Waals surface area contributed by atoms with Crippen molar-refractivity contribution >= 4 is 46.0 Å². The number of amides is 2. The number of likely N-dealkylation sites (tertiary alicyclic amines) is 1. The minimum Gasteiger partial charge on any atom is -0.324 e. The van der Waals surface area contributed by atoms with E-state index < -0.39 is 11.9 Å². The predicted octanol–water partition coefficient (Wildman–Crippen LogP) is 6.59. The van der Waals surface area contributed by atoms with E-state index in [0.29, 0.717) is 63.8 Å². The van der Waals surface area contributed by atoms with Crippen molar-refractivity contribution in [3.05, 3.63) is 81.0 Å². The number of aromatic amines is 1. The summed E-state index contributed by atoms with van der Waals surface area (Å²) < 4.78 is 41.2. The Morgan fingerprint density at radius 2 is 1.81 bits per heavy atom. The molecule has 3 heterocycles. The molecule has 5 rings (SSSR count). The number of pyridine rings is 1. The average Bonchev–Trinajstić information content (AvgIpc) is 3.21. The number of imidazole rings is 1. The van der Waals surface area contributed by atoms with Gasteiger partial charge in [0.15, 0.2) is 0 Å². The minimum absolute atomic E-state index is 0.186. The number of hydrogen-bond acceptors (Lipinski definition) is 3. The predicted molar refractivity (Wildman–Crippen MR) is 136 cm³/mol. The number of hydrogen-bond donors (Lipinski definition) is 2. The zero-order valence-electron chi connectivity index (χ0n) is 19.1. The molecule has 37 heavy (non-hydrogen) atoms. The number of para-hydroxylation sites is 1. The lowest BCUT2D eigenvalue weighted by molar-refractivity contribution is -0.141. The van der Waals surface area contributed by atoms with Crippen molar-refractivity contribution in [1.29, 1.82) is 0 Å². The first-order valence-corrected chi connectivity index (χ1v) is 12.2. The molecule has 7 nitrogen and oxygen atoms in total. The summed E-state index contributed by atoms with van der Waals surface area (Å²) in [4.78, 5) is 33.6. The van der Waals surface area contributed by atoms with Crippen LogP contribution in [0.4, 0.5) is 23.7 Å². The Bertz CT molecular complexity index is 1540. The van der Waals surface area contributed by atoms with Gasteiger partial charge in [-0.25, -0.2) is 9.59 Å². The number of H-pyrrole nitrogens is 1. The third kappa shape index (κ3) is 5.03. The maximum absolute atomic E-state index is 13.2. The number of urea groups is 1. The fourth-order valence-corrected chi connectivity index (χ4v) is 4.91. The van der Waals surface area contributed by atoms with Gasteiger partial charge in [0.05, 0.1) is 21.1 Å². The highest BCUT2D eigenvalue weighted by atomic mass is 35.5. The second-order valence-corrected chi connectivity index (χ2v) is 9.52. The lowest BCUT2D eigenvalue weighted by atomic mass is 10.0. The third-order valence-electron chi connectivity index (χ3n) is 6.40. The number of carbonyl (C=O) groups excluding carboxylic acids is 1. The van der Waals surface area contributed by atoms with Crippen LogP contribution in [0.15, 0.2) is 59.5 Å². The van der Waals surface area contributed by atoms with Gasteiger partial charge in [0.1, 0.15) is 5.69 Å². The lowest BCUT2D eigenvalue weighted by Crippen LogP contribution is -2.42. The highest BCUT2D eigenvalue weighted by molar-refractivity contribution is 6.42. The standard InChI is InChI=1S/C25H20Cl2F3N5O2/c26-18-5-4-15(13-19(18)27)32-23(36)34-10-7-16(8-11-34)35-20-3-1-2-17(22(20)33-24(35)37)14-6-9-31-21(12-14)25(28,29)30/h1-6,9,12-13,16H,7-8,10-11H2,(H,32,36)(H,33,37). The van der Waals surface area contributed by atoms with Gasteiger partial charge >= 0.3 is 17.9 Å². The van der Waals surface area contributed by atoms with Crippen LogP contribution in [-0.2, 0) is 6.18 Å². The summed E-state index contributed by atoms with van der Waals surface area (Å²) in [5.41, 5.74) is 0.973. The molecule has 0 saturated carbocycles. The molecule has 1 aliphatic heterocycles. The Morgan fingerprint density at radius 1 is 1.05 bits per heavy atom. The molecule has 1 aliphatic rings. The van der Waals surface area contributed by atoms with Gasteiger partial charge in [0.2, 0.25) is 0 Å². The molecule has 4 aromatic rings. The molecule has 0 atom stereocenters. The summed E-state index contributed by atoms with van der Waals surface area (Å²) >= 11 is 11.9. The average molecular weight is 550 g/mol. The molecule has 0 unspecified atom stereocenters. The van der Waals surface area contributed by atoms with E-state index in [1.165, 1.54) is 6.07 Å². The third-order valence-corrected chi connectivity index (χ3v) is 7.14. The van der Waals surface area contributed by atoms with Crippen molar-refractivity contribution in [2.75, 3.05) is 18.4 Å². The molecule has 2 aromatic carbocycles. The smallest absolute Gasteiger partial charge is 0.324 e. The van der Waals surface area contributed by atoms with Gasteiger partial charge in [-0.15, -0.1) is 0 Å². The number of piperidine rings is 1. The van der Waals surface area contributed by atoms with E-state index >= 15 is 0 Å². The Hall–Kier alpha value is -3.50. The number of alkyl halides is 3. The zero-order chi connectivity index (χ0) is 26.3. The number of nitrogens with zero attached hydrogens (tertiary/aromatic N) is 3. The van der Waals surface area contributed by atoms with Crippen LogP contribution in [0.1, 0.15) is 24.6 Å². The van der Waals surface area contributed by atoms with Gasteiger partial charge in [0.25, 0.3) is 0 Å². The number of benzene rings is 2. The van der Waals surface area contributed by atoms with Crippen molar-refractivity contribution in [1.82, 2.24) is 19.4 Å². The van der Waals surface area contributed by atoms with Gasteiger partial charge in [-0.2, -0.15) is 13.2 Å². The number of nitrogens with one attached hydrogen (secondary N) is 2. The summed E-state index contributed by atoms with van der Waals surface area (Å²) in [7, 11) is 0. The number of rotatable bonds is 3. The van der Waals surface area contributed by atoms with E-state index in [1.807, 2.05) is 0 Å². The van der Waals surface area contributed by atoms with Crippen molar-refractivity contribution in [3.63, 3.8) is 0 Å². The zero-order valence-corrected chi connectivity index (χ0v) is 20.7. The van der Waals surface area contributed by atoms with Crippen molar-refractivity contribution in [3.8, 4) is 11.1 Å². The maximum Gasteiger partial charge on any atom is 0.433 e. The summed E-state index contributed by atoms with van der Waals surface area (Å²) in [5.74, 6) is 0. The van der Waals surface area contributed by atoms with Crippen LogP contribution in [0.5, 0.6) is 0 Å². The van der Waals surface area contributed by atoms with Crippen LogP contribution in [0.25, 0.3) is 22.2 Å². The highest BCUT2D eigenvalue weighted by Crippen LogP contribution is 2.34. The molecule has 2 aromatic heterocycles. The molecule has 2 amide bonds. The number of fused-ring (bicyclic) bond motifs is 1. The van der Waals surface area contributed by atoms with Gasteiger partial charge in [-0.3, -0.25) is 9.55 Å². The molecule has 192 valence electrons. The van der Waals surface area contributed by atoms with E-state index in [2.05, 4.69) is 15.3 Å². The highest BCUT2D eigenvalue weighted by Gasteiger charge is 2.33. The molecule has 0 radical (unpaired) electrons. The van der Waals surface area contributed by atoms with Crippen LogP contribution < -0.4 is 11.0 Å². The lowest BCUT2D eigenvalue weighted by Gasteiger charge is -2.32. The number of aromatic nitrogens is 3. The molecular weight excluding hydrogens is 530 g/mol. The first kappa shape index (κ1) is 25.2. The summed E-state index contributed by atoms with van der Waals surface area (Å²) in [5, 5.41) is 3.51. The summed E-state index contributed by atoms with van der Waals surface area (Å²) in [6.07, 6.45) is -2.42. The molecule has 12 heteroatoms. The minimum atomic E-state index is -4.58. The van der Waals surface area contributed by atoms with Crippen LogP contribution in [-0.4, -0.2) is 38.6 Å². The van der Waals surface area contributed by atoms with Gasteiger partial charge in [0, 0.05) is 36.6 Å². The number of halogens is 5. The molecule has 0 aliphatic carbocycles. The van der Waals surface area contributed by atoms with Crippen LogP contribution in [0.3, 0.4) is 0 Å². The van der Waals surface area contributed by atoms with Gasteiger partial charge < -0.3 is 15.2 Å². The van der Waals surface area contributed by atoms with Crippen molar-refractivity contribution in [2.24, 2.45) is 0 Å². The Morgan fingerprint density at radius 3 is 2.51 bits per heavy atom. The van der Waals surface area contributed by atoms with E-state index in [4.69, 9.17) is 23.2 Å². The Balaban J connectivity index is 1.36. The van der Waals surface area contributed by atoms with Crippen LogP contribution in [0.2, 0.25) is 10.0 Å². The summed E-state index contributed by atoms with van der Waals surface area (Å²) in [6.45, 7) is 0.825. The number of anilines is 1. The largest absolute Gasteiger partial charge is 0.433 e.